The van der Waals surface area contributed by atoms with Crippen molar-refractivity contribution in [2.75, 3.05) is 6.61 Å². The Bertz CT molecular complexity index is 242. The molecule has 0 bridgehead atoms. The summed E-state index contributed by atoms with van der Waals surface area (Å²) in [4.78, 5) is 10.5. The molecule has 0 spiro atoms. The molecule has 138 valence electrons. The van der Waals surface area contributed by atoms with E-state index in [2.05, 4.69) is 18.2 Å². The van der Waals surface area contributed by atoms with Gasteiger partial charge >= 0.3 is 0 Å². The van der Waals surface area contributed by atoms with Crippen molar-refractivity contribution in [2.45, 2.75) is 104 Å². The molecule has 0 atom stereocenters. The van der Waals surface area contributed by atoms with Gasteiger partial charge in [-0.15, -0.1) is 0 Å². The van der Waals surface area contributed by atoms with Gasteiger partial charge in [-0.3, -0.25) is 4.79 Å². The quantitative estimate of drug-likeness (QED) is 0.274. The SMILES string of the molecule is C=COCC.CCCCCCCCCCCCCCCC(N)=O. The van der Waals surface area contributed by atoms with E-state index in [-0.39, 0.29) is 5.91 Å². The van der Waals surface area contributed by atoms with Gasteiger partial charge in [-0.1, -0.05) is 90.6 Å². The molecule has 0 radical (unpaired) electrons. The zero-order valence-corrected chi connectivity index (χ0v) is 15.8. The first-order valence-electron chi connectivity index (χ1n) is 9.69. The van der Waals surface area contributed by atoms with Crippen LogP contribution in [-0.4, -0.2) is 12.5 Å². The van der Waals surface area contributed by atoms with Crippen LogP contribution in [0.3, 0.4) is 0 Å². The maximum Gasteiger partial charge on any atom is 0.217 e. The number of carbonyl (C=O) groups is 1. The van der Waals surface area contributed by atoms with Gasteiger partial charge in [0.05, 0.1) is 12.9 Å². The van der Waals surface area contributed by atoms with E-state index < -0.39 is 0 Å². The number of hydrogen-bond acceptors (Lipinski definition) is 2. The van der Waals surface area contributed by atoms with Crippen LogP contribution in [0.2, 0.25) is 0 Å². The minimum absolute atomic E-state index is 0.155. The zero-order chi connectivity index (χ0) is 17.6. The van der Waals surface area contributed by atoms with Gasteiger partial charge in [-0.05, 0) is 13.3 Å². The topological polar surface area (TPSA) is 52.3 Å². The molecule has 0 aromatic rings. The Morgan fingerprint density at radius 3 is 1.48 bits per heavy atom. The highest BCUT2D eigenvalue weighted by atomic mass is 16.5. The van der Waals surface area contributed by atoms with Crippen molar-refractivity contribution in [3.8, 4) is 0 Å². The summed E-state index contributed by atoms with van der Waals surface area (Å²) in [5.74, 6) is -0.155. The number of ether oxygens (including phenoxy) is 1. The normalized spacial score (nSPS) is 9.83. The van der Waals surface area contributed by atoms with Crippen LogP contribution in [0.5, 0.6) is 0 Å². The summed E-state index contributed by atoms with van der Waals surface area (Å²) in [5.41, 5.74) is 5.09. The van der Waals surface area contributed by atoms with E-state index in [4.69, 9.17) is 5.73 Å². The number of hydrogen-bond donors (Lipinski definition) is 1. The summed E-state index contributed by atoms with van der Waals surface area (Å²) in [6.07, 6.45) is 19.4. The van der Waals surface area contributed by atoms with Gasteiger partial charge in [-0.25, -0.2) is 0 Å². The van der Waals surface area contributed by atoms with Crippen LogP contribution in [0.15, 0.2) is 12.8 Å². The molecular weight excluding hydrogens is 286 g/mol. The molecule has 2 N–H and O–H groups in total. The molecule has 0 aromatic carbocycles. The van der Waals surface area contributed by atoms with Gasteiger partial charge < -0.3 is 10.5 Å². The van der Waals surface area contributed by atoms with E-state index in [1.165, 1.54) is 83.3 Å². The van der Waals surface area contributed by atoms with Gasteiger partial charge in [0.25, 0.3) is 0 Å². The Balaban J connectivity index is 0. The van der Waals surface area contributed by atoms with Crippen LogP contribution in [0.25, 0.3) is 0 Å². The van der Waals surface area contributed by atoms with Crippen LogP contribution in [-0.2, 0) is 9.53 Å². The van der Waals surface area contributed by atoms with E-state index in [9.17, 15) is 4.79 Å². The largest absolute Gasteiger partial charge is 0.502 e. The number of unbranched alkanes of at least 4 members (excludes halogenated alkanes) is 12. The fraction of sp³-hybridized carbons (Fsp3) is 0.850. The van der Waals surface area contributed by atoms with Crippen molar-refractivity contribution >= 4 is 5.91 Å². The second-order valence-corrected chi connectivity index (χ2v) is 6.08. The zero-order valence-electron chi connectivity index (χ0n) is 15.8. The summed E-state index contributed by atoms with van der Waals surface area (Å²) in [6, 6.07) is 0. The fourth-order valence-electron chi connectivity index (χ4n) is 2.43. The second kappa shape index (κ2) is 23.3. The van der Waals surface area contributed by atoms with Gasteiger partial charge in [0, 0.05) is 6.42 Å². The van der Waals surface area contributed by atoms with Crippen molar-refractivity contribution in [2.24, 2.45) is 5.73 Å². The van der Waals surface area contributed by atoms with Crippen LogP contribution in [0, 0.1) is 0 Å². The number of primary amides is 1. The minimum atomic E-state index is -0.155. The molecule has 1 amide bonds. The minimum Gasteiger partial charge on any atom is -0.502 e. The predicted molar refractivity (Wildman–Crippen MR) is 101 cm³/mol. The molecule has 0 aliphatic heterocycles. The van der Waals surface area contributed by atoms with Crippen LogP contribution in [0.4, 0.5) is 0 Å². The smallest absolute Gasteiger partial charge is 0.217 e. The maximum absolute atomic E-state index is 10.5. The third kappa shape index (κ3) is 29.6. The molecule has 0 aliphatic rings. The average Bonchev–Trinajstić information content (AvgIpc) is 2.53. The highest BCUT2D eigenvalue weighted by Gasteiger charge is 1.95. The van der Waals surface area contributed by atoms with Crippen molar-refractivity contribution in [1.82, 2.24) is 0 Å². The summed E-state index contributed by atoms with van der Waals surface area (Å²) < 4.78 is 4.60. The van der Waals surface area contributed by atoms with Crippen molar-refractivity contribution in [3.63, 3.8) is 0 Å². The molecule has 0 saturated carbocycles. The molecule has 3 heteroatoms. The highest BCUT2D eigenvalue weighted by Crippen LogP contribution is 2.12. The molecule has 0 unspecified atom stereocenters. The predicted octanol–water partition coefficient (Wildman–Crippen LogP) is 6.12. The van der Waals surface area contributed by atoms with E-state index in [0.717, 1.165) is 13.0 Å². The van der Waals surface area contributed by atoms with Gasteiger partial charge in [0.1, 0.15) is 0 Å². The van der Waals surface area contributed by atoms with E-state index in [0.29, 0.717) is 6.42 Å². The second-order valence-electron chi connectivity index (χ2n) is 6.08. The Hall–Kier alpha value is -0.990. The Morgan fingerprint density at radius 2 is 1.22 bits per heavy atom. The average molecular weight is 328 g/mol. The molecule has 3 nitrogen and oxygen atoms in total. The van der Waals surface area contributed by atoms with Gasteiger partial charge in [0.15, 0.2) is 0 Å². The Kier molecular flexibility index (Phi) is 24.6. The van der Waals surface area contributed by atoms with Crippen molar-refractivity contribution < 1.29 is 9.53 Å². The highest BCUT2D eigenvalue weighted by molar-refractivity contribution is 5.73. The molecule has 0 fully saturated rings. The number of rotatable bonds is 16. The van der Waals surface area contributed by atoms with Gasteiger partial charge in [0.2, 0.25) is 5.91 Å². The van der Waals surface area contributed by atoms with E-state index in [1.807, 2.05) is 6.92 Å². The molecule has 0 aromatic heterocycles. The molecule has 23 heavy (non-hydrogen) atoms. The maximum atomic E-state index is 10.5. The third-order valence-electron chi connectivity index (χ3n) is 3.81. The van der Waals surface area contributed by atoms with Crippen molar-refractivity contribution in [3.05, 3.63) is 12.8 Å². The first-order valence-corrected chi connectivity index (χ1v) is 9.69. The summed E-state index contributed by atoms with van der Waals surface area (Å²) in [6.45, 7) is 8.24. The first kappa shape index (κ1) is 24.3. The van der Waals surface area contributed by atoms with E-state index in [1.54, 1.807) is 0 Å². The van der Waals surface area contributed by atoms with Crippen molar-refractivity contribution in [1.29, 1.82) is 0 Å². The lowest BCUT2D eigenvalue weighted by atomic mass is 10.0. The van der Waals surface area contributed by atoms with E-state index >= 15 is 0 Å². The monoisotopic (exact) mass is 327 g/mol. The van der Waals surface area contributed by atoms with Crippen LogP contribution >= 0.6 is 0 Å². The molecule has 0 heterocycles. The number of amides is 1. The molecule has 0 saturated heterocycles. The summed E-state index contributed by atoms with van der Waals surface area (Å²) in [7, 11) is 0. The molecule has 0 rings (SSSR count). The lowest BCUT2D eigenvalue weighted by molar-refractivity contribution is -0.118. The Morgan fingerprint density at radius 1 is 0.826 bits per heavy atom. The van der Waals surface area contributed by atoms with Crippen LogP contribution in [0.1, 0.15) is 104 Å². The number of nitrogens with two attached hydrogens (primary N) is 1. The standard InChI is InChI=1S/C16H33NO.C4H8O/c1-2-3-4-5-6-7-8-9-10-11-12-13-14-15-16(17)18;1-3-5-4-2/h2-15H2,1H3,(H2,17,18);3H,1,4H2,2H3. The molecular formula is C20H41NO2. The Labute approximate surface area is 145 Å². The fourth-order valence-corrected chi connectivity index (χ4v) is 2.43. The summed E-state index contributed by atoms with van der Waals surface area (Å²) in [5, 5.41) is 0. The third-order valence-corrected chi connectivity index (χ3v) is 3.81. The van der Waals surface area contributed by atoms with Crippen LogP contribution < -0.4 is 5.73 Å². The lowest BCUT2D eigenvalue weighted by Crippen LogP contribution is -2.09. The summed E-state index contributed by atoms with van der Waals surface area (Å²) >= 11 is 0. The number of carbonyl (C=O) groups excluding carboxylic acids is 1. The lowest BCUT2D eigenvalue weighted by Gasteiger charge is -2.02. The first-order chi connectivity index (χ1) is 11.2. The van der Waals surface area contributed by atoms with Gasteiger partial charge in [-0.2, -0.15) is 0 Å². The molecule has 0 aliphatic carbocycles.